The van der Waals surface area contributed by atoms with Crippen LogP contribution in [-0.4, -0.2) is 15.8 Å². The molecule has 0 aromatic carbocycles. The van der Waals surface area contributed by atoms with Gasteiger partial charge in [-0.3, -0.25) is 4.68 Å². The van der Waals surface area contributed by atoms with Crippen molar-refractivity contribution >= 4 is 0 Å². The van der Waals surface area contributed by atoms with Crippen LogP contribution in [0, 0.1) is 0 Å². The minimum atomic E-state index is 0.699. The molecule has 2 heterocycles. The molecule has 1 saturated carbocycles. The Kier molecular flexibility index (Phi) is 2.29. The van der Waals surface area contributed by atoms with E-state index < -0.39 is 0 Å². The fourth-order valence-electron chi connectivity index (χ4n) is 1.87. The van der Waals surface area contributed by atoms with E-state index in [-0.39, 0.29) is 0 Å². The Morgan fingerprint density at radius 3 is 3.06 bits per heavy atom. The summed E-state index contributed by atoms with van der Waals surface area (Å²) in [6.07, 6.45) is 6.14. The molecule has 1 aliphatic carbocycles. The average Bonchev–Trinajstić information content (AvgIpc) is 2.83. The summed E-state index contributed by atoms with van der Waals surface area (Å²) in [5, 5.41) is 7.63. The zero-order valence-corrected chi connectivity index (χ0v) is 9.31. The predicted molar refractivity (Wildman–Crippen MR) is 60.8 cm³/mol. The lowest BCUT2D eigenvalue weighted by molar-refractivity contribution is 0.483. The number of hydrogen-bond donors (Lipinski definition) is 1. The largest absolute Gasteiger partial charge is 0.467 e. The Morgan fingerprint density at radius 1 is 1.50 bits per heavy atom. The van der Waals surface area contributed by atoms with Gasteiger partial charge in [0, 0.05) is 24.8 Å². The summed E-state index contributed by atoms with van der Waals surface area (Å²) in [6.45, 7) is 0.804. The first-order chi connectivity index (χ1) is 7.84. The number of rotatable bonds is 4. The van der Waals surface area contributed by atoms with E-state index in [4.69, 9.17) is 4.42 Å². The van der Waals surface area contributed by atoms with Crippen LogP contribution in [0.4, 0.5) is 0 Å². The van der Waals surface area contributed by atoms with Gasteiger partial charge < -0.3 is 9.73 Å². The van der Waals surface area contributed by atoms with Gasteiger partial charge in [0.15, 0.2) is 0 Å². The molecule has 2 aromatic rings. The van der Waals surface area contributed by atoms with Gasteiger partial charge in [0.2, 0.25) is 0 Å². The van der Waals surface area contributed by atoms with Gasteiger partial charge in [-0.2, -0.15) is 5.10 Å². The van der Waals surface area contributed by atoms with Crippen LogP contribution in [-0.2, 0) is 13.6 Å². The van der Waals surface area contributed by atoms with E-state index >= 15 is 0 Å². The minimum absolute atomic E-state index is 0.699. The molecule has 2 aromatic heterocycles. The molecule has 84 valence electrons. The second-order valence-corrected chi connectivity index (χ2v) is 4.25. The second-order valence-electron chi connectivity index (χ2n) is 4.25. The van der Waals surface area contributed by atoms with E-state index in [0.717, 1.165) is 23.6 Å². The lowest BCUT2D eigenvalue weighted by atomic mass is 10.2. The highest BCUT2D eigenvalue weighted by molar-refractivity contribution is 5.61. The summed E-state index contributed by atoms with van der Waals surface area (Å²) in [6, 6.07) is 4.70. The van der Waals surface area contributed by atoms with Crippen molar-refractivity contribution in [2.45, 2.75) is 25.4 Å². The first-order valence-corrected chi connectivity index (χ1v) is 5.63. The van der Waals surface area contributed by atoms with Crippen LogP contribution >= 0.6 is 0 Å². The Balaban J connectivity index is 1.83. The molecule has 16 heavy (non-hydrogen) atoms. The van der Waals surface area contributed by atoms with Crippen molar-refractivity contribution in [3.05, 3.63) is 30.4 Å². The van der Waals surface area contributed by atoms with Crippen LogP contribution in [0.3, 0.4) is 0 Å². The Bertz CT molecular complexity index is 482. The molecule has 0 atom stereocenters. The van der Waals surface area contributed by atoms with Crippen LogP contribution in [0.5, 0.6) is 0 Å². The zero-order chi connectivity index (χ0) is 11.0. The molecule has 1 fully saturated rings. The Morgan fingerprint density at radius 2 is 2.38 bits per heavy atom. The highest BCUT2D eigenvalue weighted by Crippen LogP contribution is 2.25. The molecule has 0 radical (unpaired) electrons. The number of nitrogens with zero attached hydrogens (tertiary/aromatic N) is 2. The fraction of sp³-hybridized carbons (Fsp3) is 0.417. The van der Waals surface area contributed by atoms with Gasteiger partial charge in [0.05, 0.1) is 18.5 Å². The lowest BCUT2D eigenvalue weighted by Gasteiger charge is -2.04. The molecule has 0 unspecified atom stereocenters. The van der Waals surface area contributed by atoms with Gasteiger partial charge >= 0.3 is 0 Å². The molecular weight excluding hydrogens is 202 g/mol. The molecule has 3 rings (SSSR count). The minimum Gasteiger partial charge on any atom is -0.467 e. The highest BCUT2D eigenvalue weighted by Gasteiger charge is 2.21. The summed E-state index contributed by atoms with van der Waals surface area (Å²) < 4.78 is 7.38. The molecule has 0 saturated heterocycles. The zero-order valence-electron chi connectivity index (χ0n) is 9.31. The van der Waals surface area contributed by atoms with Gasteiger partial charge in [-0.25, -0.2) is 0 Å². The van der Waals surface area contributed by atoms with Gasteiger partial charge in [0.25, 0.3) is 0 Å². The van der Waals surface area contributed by atoms with Gasteiger partial charge in [-0.1, -0.05) is 0 Å². The number of aromatic nitrogens is 2. The smallest absolute Gasteiger partial charge is 0.126 e. The highest BCUT2D eigenvalue weighted by atomic mass is 16.3. The van der Waals surface area contributed by atoms with Gasteiger partial charge in [-0.15, -0.1) is 0 Å². The topological polar surface area (TPSA) is 43.0 Å². The molecule has 0 aliphatic heterocycles. The molecule has 4 nitrogen and oxygen atoms in total. The summed E-state index contributed by atoms with van der Waals surface area (Å²) in [5.74, 6) is 0.996. The SMILES string of the molecule is Cn1nccc1-c1ccoc1CNC1CC1. The molecule has 0 spiro atoms. The van der Waals surface area contributed by atoms with E-state index in [2.05, 4.69) is 10.4 Å². The van der Waals surface area contributed by atoms with Crippen LogP contribution < -0.4 is 5.32 Å². The van der Waals surface area contributed by atoms with E-state index in [1.807, 2.05) is 23.9 Å². The Labute approximate surface area is 94.3 Å². The molecule has 0 amide bonds. The van der Waals surface area contributed by atoms with Crippen molar-refractivity contribution in [3.8, 4) is 11.3 Å². The van der Waals surface area contributed by atoms with E-state index in [9.17, 15) is 0 Å². The molecule has 1 N–H and O–H groups in total. The standard InChI is InChI=1S/C12H15N3O/c1-15-11(4-6-14-15)10-5-7-16-12(10)8-13-9-2-3-9/h4-7,9,13H,2-3,8H2,1H3. The van der Waals surface area contributed by atoms with Crippen LogP contribution in [0.1, 0.15) is 18.6 Å². The quantitative estimate of drug-likeness (QED) is 0.851. The van der Waals surface area contributed by atoms with E-state index in [1.54, 1.807) is 12.5 Å². The number of aryl methyl sites for hydroxylation is 1. The third kappa shape index (κ3) is 1.76. The normalized spacial score (nSPS) is 15.6. The van der Waals surface area contributed by atoms with Crippen molar-refractivity contribution in [2.75, 3.05) is 0 Å². The third-order valence-corrected chi connectivity index (χ3v) is 2.97. The molecule has 4 heteroatoms. The molecule has 1 aliphatic rings. The average molecular weight is 217 g/mol. The van der Waals surface area contributed by atoms with Crippen LogP contribution in [0.15, 0.2) is 29.0 Å². The first kappa shape index (κ1) is 9.66. The molecular formula is C12H15N3O. The summed E-state index contributed by atoms with van der Waals surface area (Å²) in [5.41, 5.74) is 2.23. The van der Waals surface area contributed by atoms with Crippen molar-refractivity contribution in [1.82, 2.24) is 15.1 Å². The van der Waals surface area contributed by atoms with Crippen LogP contribution in [0.25, 0.3) is 11.3 Å². The van der Waals surface area contributed by atoms with E-state index in [0.29, 0.717) is 6.04 Å². The van der Waals surface area contributed by atoms with Crippen molar-refractivity contribution in [2.24, 2.45) is 7.05 Å². The van der Waals surface area contributed by atoms with Gasteiger partial charge in [0.1, 0.15) is 5.76 Å². The number of nitrogens with one attached hydrogen (secondary N) is 1. The fourth-order valence-corrected chi connectivity index (χ4v) is 1.87. The summed E-state index contributed by atoms with van der Waals surface area (Å²) in [7, 11) is 1.94. The lowest BCUT2D eigenvalue weighted by Crippen LogP contribution is -2.15. The maximum atomic E-state index is 5.52. The predicted octanol–water partition coefficient (Wildman–Crippen LogP) is 1.93. The first-order valence-electron chi connectivity index (χ1n) is 5.63. The Hall–Kier alpha value is -1.55. The maximum Gasteiger partial charge on any atom is 0.126 e. The third-order valence-electron chi connectivity index (χ3n) is 2.97. The number of hydrogen-bond acceptors (Lipinski definition) is 3. The van der Waals surface area contributed by atoms with Crippen LogP contribution in [0.2, 0.25) is 0 Å². The van der Waals surface area contributed by atoms with Crippen molar-refractivity contribution in [3.63, 3.8) is 0 Å². The second kappa shape index (κ2) is 3.79. The van der Waals surface area contributed by atoms with Gasteiger partial charge in [-0.05, 0) is 25.0 Å². The van der Waals surface area contributed by atoms with Crippen molar-refractivity contribution < 1.29 is 4.42 Å². The summed E-state index contributed by atoms with van der Waals surface area (Å²) in [4.78, 5) is 0. The van der Waals surface area contributed by atoms with E-state index in [1.165, 1.54) is 12.8 Å². The molecule has 0 bridgehead atoms. The number of furan rings is 1. The van der Waals surface area contributed by atoms with Crippen molar-refractivity contribution in [1.29, 1.82) is 0 Å². The summed E-state index contributed by atoms with van der Waals surface area (Å²) >= 11 is 0. The maximum absolute atomic E-state index is 5.52. The monoisotopic (exact) mass is 217 g/mol.